The average molecular weight is 423 g/mol. The molecule has 6 heteroatoms. The molecule has 6 rings (SSSR count). The molecule has 166 valence electrons. The molecule has 1 fully saturated rings. The zero-order chi connectivity index (χ0) is 21.1. The highest BCUT2D eigenvalue weighted by Crippen LogP contribution is 2.40. The topological polar surface area (TPSA) is 79.9 Å². The molecule has 1 aliphatic carbocycles. The molecule has 0 aromatic carbocycles. The van der Waals surface area contributed by atoms with Crippen LogP contribution in [0.25, 0.3) is 0 Å². The second-order valence-electron chi connectivity index (χ2n) is 9.69. The predicted molar refractivity (Wildman–Crippen MR) is 121 cm³/mol. The molecule has 2 N–H and O–H groups in total. The Morgan fingerprint density at radius 2 is 1.87 bits per heavy atom. The summed E-state index contributed by atoms with van der Waals surface area (Å²) < 4.78 is 5.62. The number of nitrogens with zero attached hydrogens (tertiary/aromatic N) is 2. The van der Waals surface area contributed by atoms with Gasteiger partial charge < -0.3 is 10.1 Å². The first kappa shape index (κ1) is 20.7. The quantitative estimate of drug-likeness (QED) is 0.630. The maximum Gasteiger partial charge on any atom is 0.156 e. The number of pyridine rings is 1. The Balaban J connectivity index is 1.38. The van der Waals surface area contributed by atoms with Crippen LogP contribution < -0.4 is 5.32 Å². The highest BCUT2D eigenvalue weighted by molar-refractivity contribution is 5.85. The number of Topliss-reactive ketones (excluding diaryl/α,β-unsaturated/α-hetero) is 1. The summed E-state index contributed by atoms with van der Waals surface area (Å²) in [5.41, 5.74) is 3.49. The molecule has 1 unspecified atom stereocenters. The summed E-state index contributed by atoms with van der Waals surface area (Å²) in [6, 6.07) is 6.21. The number of hydrogen-bond acceptors (Lipinski definition) is 5. The number of rotatable bonds is 0. The van der Waals surface area contributed by atoms with Gasteiger partial charge in [0.25, 0.3) is 0 Å². The van der Waals surface area contributed by atoms with Crippen molar-refractivity contribution in [3.05, 3.63) is 35.2 Å². The first-order chi connectivity index (χ1) is 15.2. The van der Waals surface area contributed by atoms with Crippen LogP contribution in [0.1, 0.15) is 74.7 Å². The van der Waals surface area contributed by atoms with E-state index in [0.29, 0.717) is 18.1 Å². The summed E-state index contributed by atoms with van der Waals surface area (Å²) in [5, 5.41) is 11.2. The molecule has 0 radical (unpaired) electrons. The number of aryl methyl sites for hydroxylation is 1. The molecule has 3 aliphatic heterocycles. The van der Waals surface area contributed by atoms with E-state index in [1.54, 1.807) is 0 Å². The summed E-state index contributed by atoms with van der Waals surface area (Å²) in [5.74, 6) is 2.84. The Kier molecular flexibility index (Phi) is 6.08. The first-order valence-corrected chi connectivity index (χ1v) is 12.1. The van der Waals surface area contributed by atoms with Gasteiger partial charge in [-0.25, -0.2) is 4.98 Å². The Hall–Kier alpha value is -2.21. The van der Waals surface area contributed by atoms with E-state index in [4.69, 9.17) is 9.72 Å². The second kappa shape index (κ2) is 9.11. The lowest BCUT2D eigenvalue weighted by molar-refractivity contribution is -0.135. The molecule has 6 bridgehead atoms. The number of aromatic nitrogens is 3. The lowest BCUT2D eigenvalue weighted by atomic mass is 9.70. The minimum atomic E-state index is -0.146. The number of hydrogen-bond donors (Lipinski definition) is 2. The molecule has 1 spiro atoms. The van der Waals surface area contributed by atoms with E-state index < -0.39 is 0 Å². The Labute approximate surface area is 184 Å². The number of H-pyrrole nitrogens is 1. The van der Waals surface area contributed by atoms with Crippen molar-refractivity contribution in [2.24, 2.45) is 11.3 Å². The van der Waals surface area contributed by atoms with E-state index in [0.717, 1.165) is 101 Å². The van der Waals surface area contributed by atoms with Gasteiger partial charge in [-0.2, -0.15) is 5.10 Å². The molecule has 5 heterocycles. The Morgan fingerprint density at radius 3 is 2.77 bits per heavy atom. The van der Waals surface area contributed by atoms with Crippen LogP contribution in [-0.4, -0.2) is 34.2 Å². The van der Waals surface area contributed by atoms with Gasteiger partial charge in [-0.1, -0.05) is 18.9 Å². The minimum absolute atomic E-state index is 0.146. The molecule has 0 saturated carbocycles. The largest absolute Gasteiger partial charge is 0.381 e. The van der Waals surface area contributed by atoms with E-state index in [1.807, 2.05) is 6.07 Å². The molecular weight excluding hydrogens is 388 g/mol. The summed E-state index contributed by atoms with van der Waals surface area (Å²) >= 11 is 0. The van der Waals surface area contributed by atoms with E-state index in [-0.39, 0.29) is 5.41 Å². The standard InChI is InChI=1S/C25H34N4O2/c30-22-11-9-18-8-10-20-21(17-18)28-29-24(20)27-23-7-4-6-19(26-23)5-2-1-3-12-25(22)13-15-31-16-14-25/h4,6-7,18H,1-3,5,8-17H2,(H2,26,27,28,29). The van der Waals surface area contributed by atoms with Crippen molar-refractivity contribution in [2.45, 2.75) is 77.0 Å². The highest BCUT2D eigenvalue weighted by Gasteiger charge is 2.39. The molecule has 1 saturated heterocycles. The maximum atomic E-state index is 13.4. The fraction of sp³-hybridized carbons (Fsp3) is 0.640. The van der Waals surface area contributed by atoms with Gasteiger partial charge in [-0.15, -0.1) is 0 Å². The van der Waals surface area contributed by atoms with Crippen LogP contribution in [0.15, 0.2) is 18.2 Å². The minimum Gasteiger partial charge on any atom is -0.381 e. The van der Waals surface area contributed by atoms with Crippen LogP contribution >= 0.6 is 0 Å². The van der Waals surface area contributed by atoms with E-state index >= 15 is 0 Å². The number of aromatic amines is 1. The molecule has 2 aromatic rings. The SMILES string of the molecule is O=C1CCC2CCc3c(n[nH]c3C2)Nc2cccc(n2)CCCCCC12CCOCC2. The predicted octanol–water partition coefficient (Wildman–Crippen LogP) is 4.92. The fourth-order valence-electron chi connectivity index (χ4n) is 5.72. The van der Waals surface area contributed by atoms with Crippen molar-refractivity contribution in [1.82, 2.24) is 15.2 Å². The van der Waals surface area contributed by atoms with Crippen molar-refractivity contribution >= 4 is 17.4 Å². The van der Waals surface area contributed by atoms with E-state index in [9.17, 15) is 4.79 Å². The fourth-order valence-corrected chi connectivity index (χ4v) is 5.72. The molecule has 2 aromatic heterocycles. The third kappa shape index (κ3) is 4.54. The summed E-state index contributed by atoms with van der Waals surface area (Å²) in [6.07, 6.45) is 12.0. The van der Waals surface area contributed by atoms with Crippen LogP contribution in [0.3, 0.4) is 0 Å². The number of fused-ring (bicyclic) bond motifs is 7. The Morgan fingerprint density at radius 1 is 1.00 bits per heavy atom. The van der Waals surface area contributed by atoms with Crippen molar-refractivity contribution < 1.29 is 9.53 Å². The van der Waals surface area contributed by atoms with Gasteiger partial charge in [0.1, 0.15) is 11.6 Å². The zero-order valence-electron chi connectivity index (χ0n) is 18.4. The van der Waals surface area contributed by atoms with Gasteiger partial charge in [-0.05, 0) is 75.8 Å². The summed E-state index contributed by atoms with van der Waals surface area (Å²) in [7, 11) is 0. The highest BCUT2D eigenvalue weighted by atomic mass is 16.5. The van der Waals surface area contributed by atoms with Gasteiger partial charge in [0, 0.05) is 42.0 Å². The van der Waals surface area contributed by atoms with Crippen molar-refractivity contribution in [1.29, 1.82) is 0 Å². The second-order valence-corrected chi connectivity index (χ2v) is 9.69. The zero-order valence-corrected chi connectivity index (χ0v) is 18.4. The van der Waals surface area contributed by atoms with Gasteiger partial charge in [-0.3, -0.25) is 9.89 Å². The third-order valence-corrected chi connectivity index (χ3v) is 7.71. The molecule has 31 heavy (non-hydrogen) atoms. The lowest BCUT2D eigenvalue weighted by Gasteiger charge is -2.36. The number of ether oxygens (including phenoxy) is 1. The number of anilines is 2. The van der Waals surface area contributed by atoms with Gasteiger partial charge >= 0.3 is 0 Å². The molecule has 0 amide bonds. The van der Waals surface area contributed by atoms with Crippen LogP contribution in [0.2, 0.25) is 0 Å². The molecule has 6 nitrogen and oxygen atoms in total. The smallest absolute Gasteiger partial charge is 0.156 e. The maximum absolute atomic E-state index is 13.4. The van der Waals surface area contributed by atoms with Gasteiger partial charge in [0.2, 0.25) is 0 Å². The number of carbonyl (C=O) groups is 1. The number of carbonyl (C=O) groups excluding carboxylic acids is 1. The first-order valence-electron chi connectivity index (χ1n) is 12.1. The van der Waals surface area contributed by atoms with Crippen LogP contribution in [0.4, 0.5) is 11.6 Å². The number of ketones is 1. The number of nitrogens with one attached hydrogen (secondary N) is 2. The Bertz CT molecular complexity index is 916. The molecular formula is C25H34N4O2. The van der Waals surface area contributed by atoms with Gasteiger partial charge in [0.05, 0.1) is 0 Å². The van der Waals surface area contributed by atoms with Gasteiger partial charge in [0.15, 0.2) is 5.82 Å². The summed E-state index contributed by atoms with van der Waals surface area (Å²) in [6.45, 7) is 1.47. The molecule has 4 aliphatic rings. The average Bonchev–Trinajstić information content (AvgIpc) is 3.19. The van der Waals surface area contributed by atoms with Crippen molar-refractivity contribution in [3.63, 3.8) is 0 Å². The van der Waals surface area contributed by atoms with Crippen molar-refractivity contribution in [2.75, 3.05) is 18.5 Å². The molecule has 1 atom stereocenters. The van der Waals surface area contributed by atoms with Crippen LogP contribution in [0.5, 0.6) is 0 Å². The van der Waals surface area contributed by atoms with E-state index in [2.05, 4.69) is 27.6 Å². The van der Waals surface area contributed by atoms with Crippen molar-refractivity contribution in [3.8, 4) is 0 Å². The third-order valence-electron chi connectivity index (χ3n) is 7.71. The monoisotopic (exact) mass is 422 g/mol. The lowest BCUT2D eigenvalue weighted by Crippen LogP contribution is -2.37. The van der Waals surface area contributed by atoms with Crippen LogP contribution in [-0.2, 0) is 28.8 Å². The van der Waals surface area contributed by atoms with E-state index in [1.165, 1.54) is 11.3 Å². The summed E-state index contributed by atoms with van der Waals surface area (Å²) in [4.78, 5) is 18.2. The normalized spacial score (nSPS) is 24.4. The van der Waals surface area contributed by atoms with Crippen LogP contribution in [0, 0.1) is 11.3 Å².